The third kappa shape index (κ3) is 4.15. The van der Waals surface area contributed by atoms with Gasteiger partial charge in [0.25, 0.3) is 0 Å². The monoisotopic (exact) mass is 338 g/mol. The highest BCUT2D eigenvalue weighted by Gasteiger charge is 2.48. The van der Waals surface area contributed by atoms with Crippen molar-refractivity contribution >= 4 is 14.1 Å². The lowest BCUT2D eigenvalue weighted by atomic mass is 9.89. The van der Waals surface area contributed by atoms with Gasteiger partial charge in [-0.1, -0.05) is 32.9 Å². The van der Waals surface area contributed by atoms with Crippen LogP contribution in [0.4, 0.5) is 0 Å². The summed E-state index contributed by atoms with van der Waals surface area (Å²) in [6.07, 6.45) is 4.14. The zero-order valence-corrected chi connectivity index (χ0v) is 16.8. The average molecular weight is 339 g/mol. The maximum absolute atomic E-state index is 11.5. The Bertz CT molecular complexity index is 454. The Morgan fingerprint density at radius 1 is 1.26 bits per heavy atom. The van der Waals surface area contributed by atoms with Gasteiger partial charge < -0.3 is 9.16 Å². The van der Waals surface area contributed by atoms with Crippen molar-refractivity contribution in [1.82, 2.24) is 0 Å². The first-order chi connectivity index (χ1) is 10.5. The minimum Gasteiger partial charge on any atom is -0.413 e. The lowest BCUT2D eigenvalue weighted by Gasteiger charge is -2.43. The van der Waals surface area contributed by atoms with Gasteiger partial charge in [-0.15, -0.1) is 0 Å². The first-order valence-electron chi connectivity index (χ1n) is 8.99. The molecule has 4 heteroatoms. The summed E-state index contributed by atoms with van der Waals surface area (Å²) in [6.45, 7) is 18.1. The van der Waals surface area contributed by atoms with Gasteiger partial charge in [-0.25, -0.2) is 0 Å². The summed E-state index contributed by atoms with van der Waals surface area (Å²) in [5, 5.41) is 0.198. The Morgan fingerprint density at radius 3 is 2.39 bits per heavy atom. The van der Waals surface area contributed by atoms with Crippen LogP contribution >= 0.6 is 0 Å². The lowest BCUT2D eigenvalue weighted by Crippen LogP contribution is -2.48. The summed E-state index contributed by atoms with van der Waals surface area (Å²) in [5.41, 5.74) is 1.23. The van der Waals surface area contributed by atoms with Crippen molar-refractivity contribution in [1.29, 1.82) is 0 Å². The number of ether oxygens (including phenoxy) is 1. The zero-order chi connectivity index (χ0) is 17.4. The Labute approximate surface area is 142 Å². The molecule has 1 aliphatic carbocycles. The molecule has 0 bridgehead atoms. The van der Waals surface area contributed by atoms with Crippen molar-refractivity contribution in [2.24, 2.45) is 11.8 Å². The molecule has 132 valence electrons. The molecular weight excluding hydrogens is 304 g/mol. The van der Waals surface area contributed by atoms with Gasteiger partial charge in [0.1, 0.15) is 6.61 Å². The van der Waals surface area contributed by atoms with Gasteiger partial charge in [0.05, 0.1) is 12.2 Å². The van der Waals surface area contributed by atoms with Crippen LogP contribution < -0.4 is 0 Å². The van der Waals surface area contributed by atoms with E-state index >= 15 is 0 Å². The van der Waals surface area contributed by atoms with Gasteiger partial charge in [-0.05, 0) is 44.3 Å². The fourth-order valence-corrected chi connectivity index (χ4v) is 4.98. The standard InChI is InChI=1S/C19H34O3Si/c1-13(2)15-9-10-16(17-11-8-14(20)12-21-17)18(15)22-23(6,7)19(3,4)5/h15-18H,1,8-12H2,2-7H3/t15-,16-,17-,18+/m1/s1. The largest absolute Gasteiger partial charge is 0.413 e. The number of carbonyl (C=O) groups is 1. The number of Topliss-reactive ketones (excluding diaryl/α,β-unsaturated/α-hetero) is 1. The van der Waals surface area contributed by atoms with Crippen LogP contribution in [0.3, 0.4) is 0 Å². The second-order valence-corrected chi connectivity index (χ2v) is 13.7. The number of ketones is 1. The Balaban J connectivity index is 2.18. The molecule has 3 nitrogen and oxygen atoms in total. The molecule has 1 saturated heterocycles. The first-order valence-corrected chi connectivity index (χ1v) is 11.9. The molecule has 0 aromatic heterocycles. The molecule has 2 fully saturated rings. The Hall–Kier alpha value is -0.453. The van der Waals surface area contributed by atoms with Crippen molar-refractivity contribution in [3.05, 3.63) is 12.2 Å². The molecule has 4 atom stereocenters. The molecule has 0 spiro atoms. The summed E-state index contributed by atoms with van der Waals surface area (Å²) in [4.78, 5) is 11.5. The van der Waals surface area contributed by atoms with E-state index < -0.39 is 8.32 Å². The van der Waals surface area contributed by atoms with Gasteiger partial charge in [0.2, 0.25) is 0 Å². The van der Waals surface area contributed by atoms with Crippen LogP contribution in [0.25, 0.3) is 0 Å². The molecule has 0 radical (unpaired) electrons. The van der Waals surface area contributed by atoms with Crippen molar-refractivity contribution < 1.29 is 14.0 Å². The third-order valence-electron chi connectivity index (χ3n) is 6.14. The topological polar surface area (TPSA) is 35.5 Å². The van der Waals surface area contributed by atoms with Crippen molar-refractivity contribution in [3.8, 4) is 0 Å². The maximum atomic E-state index is 11.5. The molecule has 1 saturated carbocycles. The Kier molecular flexibility index (Phi) is 5.59. The van der Waals surface area contributed by atoms with Crippen LogP contribution in [0.1, 0.15) is 53.4 Å². The molecule has 2 aliphatic rings. The predicted molar refractivity (Wildman–Crippen MR) is 97.1 cm³/mol. The Morgan fingerprint density at radius 2 is 1.91 bits per heavy atom. The molecule has 0 aromatic rings. The highest BCUT2D eigenvalue weighted by atomic mass is 28.4. The smallest absolute Gasteiger partial charge is 0.192 e. The van der Waals surface area contributed by atoms with E-state index in [0.717, 1.165) is 19.3 Å². The molecule has 1 aliphatic heterocycles. The quantitative estimate of drug-likeness (QED) is 0.549. The first kappa shape index (κ1) is 18.9. The van der Waals surface area contributed by atoms with Crippen LogP contribution in [0.2, 0.25) is 18.1 Å². The number of hydrogen-bond donors (Lipinski definition) is 0. The van der Waals surface area contributed by atoms with Crippen LogP contribution in [-0.2, 0) is 14.0 Å². The molecule has 23 heavy (non-hydrogen) atoms. The molecule has 0 amide bonds. The zero-order valence-electron chi connectivity index (χ0n) is 15.8. The summed E-state index contributed by atoms with van der Waals surface area (Å²) in [7, 11) is -1.84. The van der Waals surface area contributed by atoms with Crippen LogP contribution in [0.5, 0.6) is 0 Å². The van der Waals surface area contributed by atoms with Gasteiger partial charge in [0.15, 0.2) is 14.1 Å². The lowest BCUT2D eigenvalue weighted by molar-refractivity contribution is -0.135. The number of hydrogen-bond acceptors (Lipinski definition) is 3. The van der Waals surface area contributed by atoms with E-state index in [9.17, 15) is 4.79 Å². The molecule has 2 rings (SSSR count). The summed E-state index contributed by atoms with van der Waals surface area (Å²) in [5.74, 6) is 1.06. The minimum atomic E-state index is -1.84. The van der Waals surface area contributed by atoms with Crippen LogP contribution in [-0.4, -0.2) is 32.9 Å². The second kappa shape index (κ2) is 6.81. The van der Waals surface area contributed by atoms with Crippen molar-refractivity contribution in [2.45, 2.75) is 83.7 Å². The van der Waals surface area contributed by atoms with E-state index in [0.29, 0.717) is 18.3 Å². The summed E-state index contributed by atoms with van der Waals surface area (Å²) < 4.78 is 12.7. The van der Waals surface area contributed by atoms with Crippen molar-refractivity contribution in [2.75, 3.05) is 6.61 Å². The van der Waals surface area contributed by atoms with E-state index in [2.05, 4.69) is 47.4 Å². The van der Waals surface area contributed by atoms with E-state index in [1.165, 1.54) is 5.57 Å². The van der Waals surface area contributed by atoms with E-state index in [1.54, 1.807) is 0 Å². The molecule has 1 heterocycles. The number of carbonyl (C=O) groups excluding carboxylic acids is 1. The molecule has 0 aromatic carbocycles. The SMILES string of the molecule is C=C(C)[C@H]1CC[C@H]([C@H]2CCC(=O)CO2)[C@H]1O[Si](C)(C)C(C)(C)C. The van der Waals surface area contributed by atoms with Crippen LogP contribution in [0, 0.1) is 11.8 Å². The summed E-state index contributed by atoms with van der Waals surface area (Å²) in [6, 6.07) is 0. The van der Waals surface area contributed by atoms with Gasteiger partial charge in [0, 0.05) is 18.3 Å². The van der Waals surface area contributed by atoms with E-state index in [4.69, 9.17) is 9.16 Å². The average Bonchev–Trinajstić information content (AvgIpc) is 2.81. The highest BCUT2D eigenvalue weighted by molar-refractivity contribution is 6.74. The van der Waals surface area contributed by atoms with Crippen LogP contribution in [0.15, 0.2) is 12.2 Å². The van der Waals surface area contributed by atoms with Crippen molar-refractivity contribution in [3.63, 3.8) is 0 Å². The van der Waals surface area contributed by atoms with E-state index in [1.807, 2.05) is 0 Å². The van der Waals surface area contributed by atoms with Gasteiger partial charge in [-0.2, -0.15) is 0 Å². The fourth-order valence-electron chi connectivity index (χ4n) is 3.61. The maximum Gasteiger partial charge on any atom is 0.192 e. The minimum absolute atomic E-state index is 0.173. The molecular formula is C19H34O3Si. The predicted octanol–water partition coefficient (Wildman–Crippen LogP) is 4.73. The highest BCUT2D eigenvalue weighted by Crippen LogP contribution is 2.46. The summed E-state index contributed by atoms with van der Waals surface area (Å²) >= 11 is 0. The number of rotatable bonds is 4. The normalized spacial score (nSPS) is 33.0. The third-order valence-corrected chi connectivity index (χ3v) is 10.6. The molecule has 0 N–H and O–H groups in total. The van der Waals surface area contributed by atoms with Gasteiger partial charge in [-0.3, -0.25) is 4.79 Å². The fraction of sp³-hybridized carbons (Fsp3) is 0.842. The second-order valence-electron chi connectivity index (χ2n) is 8.96. The van der Waals surface area contributed by atoms with E-state index in [-0.39, 0.29) is 29.6 Å². The van der Waals surface area contributed by atoms with Gasteiger partial charge >= 0.3 is 0 Å². The molecule has 0 unspecified atom stereocenters.